The zero-order valence-electron chi connectivity index (χ0n) is 5.09. The smallest absolute Gasteiger partial charge is 0.158 e. The van der Waals surface area contributed by atoms with Gasteiger partial charge in [0.1, 0.15) is 18.8 Å². The lowest BCUT2D eigenvalue weighted by atomic mass is 10.3. The molecule has 0 unspecified atom stereocenters. The lowest BCUT2D eigenvalue weighted by molar-refractivity contribution is 0.434. The fourth-order valence-electron chi connectivity index (χ4n) is 0.678. The summed E-state index contributed by atoms with van der Waals surface area (Å²) >= 11 is 0. The van der Waals surface area contributed by atoms with Crippen molar-refractivity contribution in [3.8, 4) is 0 Å². The van der Waals surface area contributed by atoms with E-state index in [4.69, 9.17) is 0 Å². The monoisotopic (exact) mass is 108 g/mol. The van der Waals surface area contributed by atoms with Crippen LogP contribution in [0, 0.1) is 6.08 Å². The molecule has 0 saturated carbocycles. The van der Waals surface area contributed by atoms with Crippen LogP contribution < -0.4 is 0 Å². The Labute approximate surface area is 50.3 Å². The average Bonchev–Trinajstić information content (AvgIpc) is 1.90. The summed E-state index contributed by atoms with van der Waals surface area (Å²) in [5, 5.41) is 0. The van der Waals surface area contributed by atoms with Gasteiger partial charge in [-0.2, -0.15) is 0 Å². The second-order valence-electron chi connectivity index (χ2n) is 1.79. The molecule has 1 aliphatic heterocycles. The maximum atomic E-state index is 3.01. The van der Waals surface area contributed by atoms with Gasteiger partial charge in [-0.1, -0.05) is 0 Å². The molecule has 1 rings (SSSR count). The van der Waals surface area contributed by atoms with E-state index in [2.05, 4.69) is 24.0 Å². The van der Waals surface area contributed by atoms with Gasteiger partial charge in [0.2, 0.25) is 0 Å². The van der Waals surface area contributed by atoms with E-state index in [0.717, 1.165) is 13.1 Å². The van der Waals surface area contributed by atoms with Crippen LogP contribution in [0.3, 0.4) is 0 Å². The molecule has 0 aromatic heterocycles. The van der Waals surface area contributed by atoms with Gasteiger partial charge in [-0.05, 0) is 6.92 Å². The first-order chi connectivity index (χ1) is 3.93. The molecule has 0 amide bonds. The summed E-state index contributed by atoms with van der Waals surface area (Å²) in [6, 6.07) is 0. The Morgan fingerprint density at radius 1 is 1.75 bits per heavy atom. The number of nitrogens with zero attached hydrogens (tertiary/aromatic N) is 1. The van der Waals surface area contributed by atoms with Crippen LogP contribution in [0.2, 0.25) is 0 Å². The predicted octanol–water partition coefficient (Wildman–Crippen LogP) is 1.19. The maximum Gasteiger partial charge on any atom is 0.158 e. The van der Waals surface area contributed by atoms with E-state index in [1.54, 1.807) is 0 Å². The Kier molecular flexibility index (Phi) is 1.66. The van der Waals surface area contributed by atoms with E-state index >= 15 is 0 Å². The summed E-state index contributed by atoms with van der Waals surface area (Å²) in [7, 11) is 0. The van der Waals surface area contributed by atoms with Crippen molar-refractivity contribution in [1.82, 2.24) is 4.90 Å². The summed E-state index contributed by atoms with van der Waals surface area (Å²) in [5.74, 6) is 0. The molecule has 1 nitrogen and oxygen atoms in total. The summed E-state index contributed by atoms with van der Waals surface area (Å²) in [6.45, 7) is 4.26. The van der Waals surface area contributed by atoms with Gasteiger partial charge in [0.05, 0.1) is 6.08 Å². The zero-order chi connectivity index (χ0) is 5.82. The van der Waals surface area contributed by atoms with Gasteiger partial charge in [0.15, 0.2) is 6.08 Å². The van der Waals surface area contributed by atoms with Gasteiger partial charge in [-0.15, -0.1) is 0 Å². The van der Waals surface area contributed by atoms with Crippen molar-refractivity contribution in [3.05, 3.63) is 24.4 Å². The Hall–Kier alpha value is -0.810. The van der Waals surface area contributed by atoms with Gasteiger partial charge < -0.3 is 4.90 Å². The van der Waals surface area contributed by atoms with E-state index in [1.807, 2.05) is 12.3 Å². The molecule has 0 saturated heterocycles. The predicted molar refractivity (Wildman–Crippen MR) is 34.2 cm³/mol. The van der Waals surface area contributed by atoms with Crippen LogP contribution in [-0.2, 0) is 0 Å². The topological polar surface area (TPSA) is 3.24 Å². The first-order valence-electron chi connectivity index (χ1n) is 2.92. The van der Waals surface area contributed by atoms with E-state index in [-0.39, 0.29) is 0 Å². The highest BCUT2D eigenvalue weighted by atomic mass is 15.1. The Bertz CT molecular complexity index is 114. The molecule has 0 fully saturated rings. The summed E-state index contributed by atoms with van der Waals surface area (Å²) in [6.07, 6.45) is 9.04. The third kappa shape index (κ3) is 1.08. The molecule has 8 heavy (non-hydrogen) atoms. The molecular weight excluding hydrogens is 98.1 g/mol. The van der Waals surface area contributed by atoms with Crippen molar-refractivity contribution >= 4 is 0 Å². The first-order valence-corrected chi connectivity index (χ1v) is 2.92. The molecule has 42 valence electrons. The Morgan fingerprint density at radius 2 is 2.62 bits per heavy atom. The Morgan fingerprint density at radius 3 is 3.00 bits per heavy atom. The van der Waals surface area contributed by atoms with E-state index in [0.29, 0.717) is 0 Å². The van der Waals surface area contributed by atoms with Crippen molar-refractivity contribution in [2.24, 2.45) is 0 Å². The normalized spacial score (nSPS) is 16.4. The number of likely N-dealkylation sites (N-methyl/N-ethyl adjacent to an activating group) is 1. The van der Waals surface area contributed by atoms with Gasteiger partial charge >= 0.3 is 0 Å². The van der Waals surface area contributed by atoms with Crippen molar-refractivity contribution < 1.29 is 0 Å². The maximum absolute atomic E-state index is 3.01. The second-order valence-corrected chi connectivity index (χ2v) is 1.79. The molecule has 0 aliphatic carbocycles. The number of allylic oxidation sites excluding steroid dienone is 2. The highest BCUT2D eigenvalue weighted by Gasteiger charge is 2.00. The fourth-order valence-corrected chi connectivity index (χ4v) is 0.678. The highest BCUT2D eigenvalue weighted by Crippen LogP contribution is 1.94. The molecule has 1 aliphatic rings. The third-order valence-corrected chi connectivity index (χ3v) is 1.22. The van der Waals surface area contributed by atoms with Crippen molar-refractivity contribution in [1.29, 1.82) is 0 Å². The van der Waals surface area contributed by atoms with Crippen LogP contribution >= 0.6 is 0 Å². The molecule has 0 aromatic rings. The number of rotatable bonds is 1. The lowest BCUT2D eigenvalue weighted by Crippen LogP contribution is -2.17. The molecule has 0 radical (unpaired) electrons. The van der Waals surface area contributed by atoms with E-state index in [9.17, 15) is 0 Å². The molecule has 1 heterocycles. The van der Waals surface area contributed by atoms with Crippen LogP contribution in [-0.4, -0.2) is 18.0 Å². The van der Waals surface area contributed by atoms with Crippen molar-refractivity contribution in [2.75, 3.05) is 13.1 Å². The summed E-state index contributed by atoms with van der Waals surface area (Å²) in [4.78, 5) is 2.19. The van der Waals surface area contributed by atoms with Gasteiger partial charge in [-0.3, -0.25) is 0 Å². The molecule has 0 atom stereocenters. The van der Waals surface area contributed by atoms with Crippen LogP contribution in [0.1, 0.15) is 6.92 Å². The van der Waals surface area contributed by atoms with Gasteiger partial charge in [-0.25, -0.2) is 0 Å². The Balaban J connectivity index is 2.40. The zero-order valence-corrected chi connectivity index (χ0v) is 5.09. The number of hydrogen-bond acceptors (Lipinski definition) is 1. The highest BCUT2D eigenvalue weighted by molar-refractivity contribution is 5.02. The average molecular weight is 108 g/mol. The molecule has 0 aromatic carbocycles. The third-order valence-electron chi connectivity index (χ3n) is 1.22. The minimum absolute atomic E-state index is 1.05. The molecule has 0 bridgehead atoms. The van der Waals surface area contributed by atoms with Crippen LogP contribution in [0.25, 0.3) is 0 Å². The van der Waals surface area contributed by atoms with Crippen molar-refractivity contribution in [2.45, 2.75) is 6.92 Å². The van der Waals surface area contributed by atoms with Crippen LogP contribution in [0.15, 0.2) is 18.4 Å². The largest absolute Gasteiger partial charge is 0.333 e. The van der Waals surface area contributed by atoms with Gasteiger partial charge in [0, 0.05) is 6.54 Å². The van der Waals surface area contributed by atoms with Crippen LogP contribution in [0.4, 0.5) is 0 Å². The van der Waals surface area contributed by atoms with E-state index < -0.39 is 0 Å². The molecular formula is C7H10N+. The molecule has 0 spiro atoms. The molecule has 1 heteroatoms. The van der Waals surface area contributed by atoms with E-state index in [1.165, 1.54) is 0 Å². The standard InChI is InChI=1S/C7H10N/c1-2-8-6-4-3-5-7-8/h3-4,7H,2,6H2,1H3/q+1. The first kappa shape index (κ1) is 5.33. The lowest BCUT2D eigenvalue weighted by Gasteiger charge is -2.10. The van der Waals surface area contributed by atoms with Crippen LogP contribution in [0.5, 0.6) is 0 Å². The SMILES string of the molecule is CCN1C=[C+]C=CC1. The minimum atomic E-state index is 1.05. The van der Waals surface area contributed by atoms with Crippen molar-refractivity contribution in [3.63, 3.8) is 0 Å². The van der Waals surface area contributed by atoms with Gasteiger partial charge in [0.25, 0.3) is 0 Å². The molecule has 0 N–H and O–H groups in total. The minimum Gasteiger partial charge on any atom is -0.333 e. The summed E-state index contributed by atoms with van der Waals surface area (Å²) in [5.41, 5.74) is 0. The summed E-state index contributed by atoms with van der Waals surface area (Å²) < 4.78 is 0. The number of hydrogen-bond donors (Lipinski definition) is 0. The quantitative estimate of drug-likeness (QED) is 0.456. The fraction of sp³-hybridized carbons (Fsp3) is 0.429. The second kappa shape index (κ2) is 2.49.